The molecule has 4 heteroatoms. The molecule has 1 saturated heterocycles. The number of carbonyl (C=O) groups is 1. The number of morpholine rings is 1. The van der Waals surface area contributed by atoms with Crippen LogP contribution in [0, 0.1) is 0 Å². The van der Waals surface area contributed by atoms with E-state index in [0.29, 0.717) is 13.2 Å². The lowest BCUT2D eigenvalue weighted by Crippen LogP contribution is -2.50. The monoisotopic (exact) mass is 186 g/mol. The number of hydrogen-bond donors (Lipinski definition) is 1. The van der Waals surface area contributed by atoms with E-state index in [1.807, 2.05) is 4.90 Å². The second-order valence-electron chi connectivity index (χ2n) is 3.33. The summed E-state index contributed by atoms with van der Waals surface area (Å²) in [6, 6.07) is 0.200. The van der Waals surface area contributed by atoms with Crippen molar-refractivity contribution in [2.75, 3.05) is 26.3 Å². The summed E-state index contributed by atoms with van der Waals surface area (Å²) in [5.74, 6) is 0.103. The summed E-state index contributed by atoms with van der Waals surface area (Å²) in [5, 5.41) is 0. The Morgan fingerprint density at radius 2 is 2.46 bits per heavy atom. The molecule has 0 radical (unpaired) electrons. The number of nitrogens with two attached hydrogens (primary N) is 1. The Kier molecular flexibility index (Phi) is 4.18. The smallest absolute Gasteiger partial charge is 0.248 e. The highest BCUT2D eigenvalue weighted by Gasteiger charge is 2.26. The van der Waals surface area contributed by atoms with Crippen LogP contribution in [0.2, 0.25) is 0 Å². The van der Waals surface area contributed by atoms with E-state index in [2.05, 4.69) is 6.92 Å². The summed E-state index contributed by atoms with van der Waals surface area (Å²) in [6.45, 7) is 4.39. The van der Waals surface area contributed by atoms with Gasteiger partial charge in [-0.05, 0) is 19.4 Å². The Hall–Kier alpha value is -0.610. The van der Waals surface area contributed by atoms with Gasteiger partial charge in [0.15, 0.2) is 0 Å². The van der Waals surface area contributed by atoms with Crippen molar-refractivity contribution >= 4 is 5.91 Å². The fraction of sp³-hybridized carbons (Fsp3) is 0.889. The van der Waals surface area contributed by atoms with E-state index in [1.165, 1.54) is 0 Å². The van der Waals surface area contributed by atoms with Crippen molar-refractivity contribution in [3.63, 3.8) is 0 Å². The van der Waals surface area contributed by atoms with Crippen molar-refractivity contribution in [2.45, 2.75) is 25.8 Å². The first kappa shape index (κ1) is 10.5. The van der Waals surface area contributed by atoms with Gasteiger partial charge in [-0.15, -0.1) is 0 Å². The highest BCUT2D eigenvalue weighted by atomic mass is 16.5. The van der Waals surface area contributed by atoms with Gasteiger partial charge in [0.2, 0.25) is 5.91 Å². The summed E-state index contributed by atoms with van der Waals surface area (Å²) in [5.41, 5.74) is 5.47. The average molecular weight is 186 g/mol. The molecule has 1 atom stereocenters. The van der Waals surface area contributed by atoms with Crippen LogP contribution in [0.3, 0.4) is 0 Å². The summed E-state index contributed by atoms with van der Waals surface area (Å²) in [6.07, 6.45) is 1.83. The zero-order chi connectivity index (χ0) is 9.68. The summed E-state index contributed by atoms with van der Waals surface area (Å²) >= 11 is 0. The molecular formula is C9H18N2O2. The first-order valence-corrected chi connectivity index (χ1v) is 4.86. The molecule has 0 saturated carbocycles. The molecule has 0 aromatic heterocycles. The molecule has 0 aromatic carbocycles. The van der Waals surface area contributed by atoms with Crippen molar-refractivity contribution in [2.24, 2.45) is 5.73 Å². The van der Waals surface area contributed by atoms with Crippen molar-refractivity contribution in [3.8, 4) is 0 Å². The van der Waals surface area contributed by atoms with Crippen LogP contribution in [0.1, 0.15) is 19.8 Å². The largest absolute Gasteiger partial charge is 0.369 e. The first-order chi connectivity index (χ1) is 6.29. The number of nitrogens with zero attached hydrogens (tertiary/aromatic N) is 1. The first-order valence-electron chi connectivity index (χ1n) is 4.86. The Balaban J connectivity index is 2.51. The minimum Gasteiger partial charge on any atom is -0.369 e. The molecular weight excluding hydrogens is 168 g/mol. The quantitative estimate of drug-likeness (QED) is 0.671. The number of amides is 1. The van der Waals surface area contributed by atoms with E-state index in [1.54, 1.807) is 0 Å². The second kappa shape index (κ2) is 5.19. The summed E-state index contributed by atoms with van der Waals surface area (Å²) < 4.78 is 5.18. The average Bonchev–Trinajstić information content (AvgIpc) is 2.11. The van der Waals surface area contributed by atoms with Crippen LogP contribution in [0.5, 0.6) is 0 Å². The molecule has 0 aromatic rings. The molecule has 1 aliphatic heterocycles. The van der Waals surface area contributed by atoms with E-state index in [-0.39, 0.29) is 18.6 Å². The van der Waals surface area contributed by atoms with Crippen LogP contribution < -0.4 is 5.73 Å². The molecule has 0 spiro atoms. The maximum atomic E-state index is 11.4. The molecule has 4 nitrogen and oxygen atoms in total. The second-order valence-corrected chi connectivity index (χ2v) is 3.33. The Morgan fingerprint density at radius 1 is 1.69 bits per heavy atom. The van der Waals surface area contributed by atoms with Gasteiger partial charge in [-0.1, -0.05) is 6.92 Å². The third kappa shape index (κ3) is 2.67. The van der Waals surface area contributed by atoms with Gasteiger partial charge in [0.05, 0.1) is 12.6 Å². The molecule has 13 heavy (non-hydrogen) atoms. The topological polar surface area (TPSA) is 55.6 Å². The fourth-order valence-electron chi connectivity index (χ4n) is 1.64. The summed E-state index contributed by atoms with van der Waals surface area (Å²) in [4.78, 5) is 13.3. The molecule has 1 aliphatic rings. The molecule has 0 aliphatic carbocycles. The zero-order valence-electron chi connectivity index (χ0n) is 8.16. The molecule has 1 heterocycles. The minimum absolute atomic E-state index is 0.103. The highest BCUT2D eigenvalue weighted by molar-refractivity contribution is 5.78. The van der Waals surface area contributed by atoms with E-state index in [0.717, 1.165) is 19.4 Å². The Morgan fingerprint density at radius 3 is 3.08 bits per heavy atom. The molecule has 0 bridgehead atoms. The van der Waals surface area contributed by atoms with Gasteiger partial charge in [0.1, 0.15) is 6.61 Å². The third-order valence-corrected chi connectivity index (χ3v) is 2.26. The van der Waals surface area contributed by atoms with Gasteiger partial charge in [0, 0.05) is 6.54 Å². The maximum Gasteiger partial charge on any atom is 0.248 e. The number of rotatable bonds is 4. The predicted molar refractivity (Wildman–Crippen MR) is 50.3 cm³/mol. The van der Waals surface area contributed by atoms with Gasteiger partial charge in [-0.3, -0.25) is 4.79 Å². The van der Waals surface area contributed by atoms with E-state index >= 15 is 0 Å². The molecule has 1 amide bonds. The van der Waals surface area contributed by atoms with Crippen molar-refractivity contribution < 1.29 is 9.53 Å². The normalized spacial score (nSPS) is 23.7. The summed E-state index contributed by atoms with van der Waals surface area (Å²) in [7, 11) is 0. The maximum absolute atomic E-state index is 11.4. The zero-order valence-corrected chi connectivity index (χ0v) is 8.16. The minimum atomic E-state index is 0.103. The van der Waals surface area contributed by atoms with Crippen LogP contribution in [-0.4, -0.2) is 43.2 Å². The number of ether oxygens (including phenoxy) is 1. The van der Waals surface area contributed by atoms with Crippen LogP contribution in [0.15, 0.2) is 0 Å². The Bertz CT molecular complexity index is 171. The molecule has 1 rings (SSSR count). The van der Waals surface area contributed by atoms with E-state index < -0.39 is 0 Å². The lowest BCUT2D eigenvalue weighted by molar-refractivity contribution is -0.148. The van der Waals surface area contributed by atoms with Crippen LogP contribution in [-0.2, 0) is 9.53 Å². The lowest BCUT2D eigenvalue weighted by Gasteiger charge is -2.35. The van der Waals surface area contributed by atoms with Gasteiger partial charge in [-0.2, -0.15) is 0 Å². The van der Waals surface area contributed by atoms with Crippen LogP contribution in [0.25, 0.3) is 0 Å². The van der Waals surface area contributed by atoms with Crippen molar-refractivity contribution in [1.82, 2.24) is 4.90 Å². The number of carbonyl (C=O) groups excluding carboxylic acids is 1. The fourth-order valence-corrected chi connectivity index (χ4v) is 1.64. The van der Waals surface area contributed by atoms with Crippen LogP contribution in [0.4, 0.5) is 0 Å². The van der Waals surface area contributed by atoms with Gasteiger partial charge in [0.25, 0.3) is 0 Å². The third-order valence-electron chi connectivity index (χ3n) is 2.26. The Labute approximate surface area is 79.0 Å². The van der Waals surface area contributed by atoms with Gasteiger partial charge < -0.3 is 15.4 Å². The van der Waals surface area contributed by atoms with Gasteiger partial charge in [-0.25, -0.2) is 0 Å². The van der Waals surface area contributed by atoms with Crippen molar-refractivity contribution in [1.29, 1.82) is 0 Å². The number of hydrogen-bond acceptors (Lipinski definition) is 3. The molecule has 2 N–H and O–H groups in total. The highest BCUT2D eigenvalue weighted by Crippen LogP contribution is 2.11. The van der Waals surface area contributed by atoms with Crippen molar-refractivity contribution in [3.05, 3.63) is 0 Å². The van der Waals surface area contributed by atoms with Gasteiger partial charge >= 0.3 is 0 Å². The molecule has 76 valence electrons. The van der Waals surface area contributed by atoms with Crippen LogP contribution >= 0.6 is 0 Å². The lowest BCUT2D eigenvalue weighted by atomic mass is 10.1. The molecule has 1 fully saturated rings. The standard InChI is InChI=1S/C9H18N2O2/c1-2-5-11-8(3-4-10)6-13-7-9(11)12/h8H,2-7,10H2,1H3. The van der Waals surface area contributed by atoms with E-state index in [4.69, 9.17) is 10.5 Å². The molecule has 1 unspecified atom stereocenters. The SMILES string of the molecule is CCCN1C(=O)COCC1CCN. The van der Waals surface area contributed by atoms with E-state index in [9.17, 15) is 4.79 Å². The predicted octanol–water partition coefficient (Wildman–Crippen LogP) is -0.0274.